The number of benzene rings is 2. The Balaban J connectivity index is 1.55. The van der Waals surface area contributed by atoms with Crippen molar-refractivity contribution in [2.75, 3.05) is 11.9 Å². The summed E-state index contributed by atoms with van der Waals surface area (Å²) in [4.78, 5) is 26.7. The maximum atomic E-state index is 12.9. The molecule has 1 heterocycles. The first-order valence-corrected chi connectivity index (χ1v) is 9.34. The van der Waals surface area contributed by atoms with Gasteiger partial charge < -0.3 is 10.2 Å². The zero-order valence-electron chi connectivity index (χ0n) is 15.3. The monoisotopic (exact) mass is 348 g/mol. The van der Waals surface area contributed by atoms with Crippen molar-refractivity contribution in [2.24, 2.45) is 0 Å². The quantitative estimate of drug-likeness (QED) is 0.847. The number of aryl methyl sites for hydroxylation is 3. The Hall–Kier alpha value is -2.62. The number of rotatable bonds is 2. The minimum Gasteiger partial charge on any atom is -0.317 e. The minimum atomic E-state index is -0.0561. The number of hydrogen-bond donors (Lipinski definition) is 1. The zero-order valence-corrected chi connectivity index (χ0v) is 15.3. The maximum absolute atomic E-state index is 12.9. The molecule has 4 rings (SSSR count). The molecular weight excluding hydrogens is 324 g/mol. The van der Waals surface area contributed by atoms with Gasteiger partial charge >= 0.3 is 6.03 Å². The van der Waals surface area contributed by atoms with Crippen LogP contribution in [0.3, 0.4) is 0 Å². The predicted molar refractivity (Wildman–Crippen MR) is 103 cm³/mol. The number of Topliss-reactive ketones (excluding diaryl/α,β-unsaturated/α-hetero) is 1. The summed E-state index contributed by atoms with van der Waals surface area (Å²) in [5, 5.41) is 3.04. The van der Waals surface area contributed by atoms with Gasteiger partial charge in [-0.25, -0.2) is 4.79 Å². The second-order valence-corrected chi connectivity index (χ2v) is 7.38. The van der Waals surface area contributed by atoms with E-state index in [4.69, 9.17) is 0 Å². The molecule has 26 heavy (non-hydrogen) atoms. The molecule has 2 aliphatic rings. The van der Waals surface area contributed by atoms with E-state index < -0.39 is 0 Å². The molecule has 1 unspecified atom stereocenters. The molecule has 0 radical (unpaired) electrons. The van der Waals surface area contributed by atoms with Gasteiger partial charge in [-0.1, -0.05) is 18.2 Å². The van der Waals surface area contributed by atoms with Gasteiger partial charge in [0, 0.05) is 24.2 Å². The van der Waals surface area contributed by atoms with Crippen molar-refractivity contribution in [3.05, 3.63) is 64.2 Å². The number of carbonyl (C=O) groups excluding carboxylic acids is 2. The Kier molecular flexibility index (Phi) is 4.27. The van der Waals surface area contributed by atoms with E-state index in [0.29, 0.717) is 6.42 Å². The van der Waals surface area contributed by atoms with E-state index in [2.05, 4.69) is 37.4 Å². The van der Waals surface area contributed by atoms with E-state index in [1.165, 1.54) is 16.7 Å². The average Bonchev–Trinajstić information content (AvgIpc) is 3.22. The van der Waals surface area contributed by atoms with Crippen molar-refractivity contribution in [3.63, 3.8) is 0 Å². The van der Waals surface area contributed by atoms with E-state index in [-0.39, 0.29) is 17.9 Å². The molecule has 2 aromatic carbocycles. The van der Waals surface area contributed by atoms with Crippen molar-refractivity contribution < 1.29 is 9.59 Å². The van der Waals surface area contributed by atoms with Gasteiger partial charge in [-0.15, -0.1) is 0 Å². The Bertz CT molecular complexity index is 867. The van der Waals surface area contributed by atoms with Crippen LogP contribution in [-0.4, -0.2) is 23.3 Å². The number of nitrogens with zero attached hydrogens (tertiary/aromatic N) is 1. The van der Waals surface area contributed by atoms with Crippen LogP contribution in [0.5, 0.6) is 0 Å². The third-order valence-electron chi connectivity index (χ3n) is 5.67. The topological polar surface area (TPSA) is 49.4 Å². The summed E-state index contributed by atoms with van der Waals surface area (Å²) in [5.41, 5.74) is 6.38. The largest absolute Gasteiger partial charge is 0.322 e. The van der Waals surface area contributed by atoms with Gasteiger partial charge in [0.25, 0.3) is 0 Å². The van der Waals surface area contributed by atoms with Gasteiger partial charge in [-0.3, -0.25) is 4.79 Å². The van der Waals surface area contributed by atoms with Gasteiger partial charge in [0.2, 0.25) is 0 Å². The van der Waals surface area contributed by atoms with E-state index in [0.717, 1.165) is 42.6 Å². The molecule has 1 atom stereocenters. The van der Waals surface area contributed by atoms with Gasteiger partial charge in [-0.05, 0) is 73.6 Å². The summed E-state index contributed by atoms with van der Waals surface area (Å²) in [6.45, 7) is 5.01. The van der Waals surface area contributed by atoms with Gasteiger partial charge in [-0.2, -0.15) is 0 Å². The van der Waals surface area contributed by atoms with Crippen molar-refractivity contribution >= 4 is 17.5 Å². The van der Waals surface area contributed by atoms with E-state index in [9.17, 15) is 9.59 Å². The molecule has 2 amide bonds. The van der Waals surface area contributed by atoms with Crippen LogP contribution in [0.2, 0.25) is 0 Å². The van der Waals surface area contributed by atoms with Crippen molar-refractivity contribution in [3.8, 4) is 0 Å². The summed E-state index contributed by atoms with van der Waals surface area (Å²) < 4.78 is 0. The molecule has 1 saturated heterocycles. The molecular formula is C22H24N2O2. The third kappa shape index (κ3) is 2.90. The highest BCUT2D eigenvalue weighted by Crippen LogP contribution is 2.36. The smallest absolute Gasteiger partial charge is 0.317 e. The van der Waals surface area contributed by atoms with Crippen molar-refractivity contribution in [1.82, 2.24) is 4.90 Å². The van der Waals surface area contributed by atoms with Crippen LogP contribution < -0.4 is 5.32 Å². The molecule has 1 aliphatic carbocycles. The predicted octanol–water partition coefficient (Wildman–Crippen LogP) is 4.80. The molecule has 2 aromatic rings. The van der Waals surface area contributed by atoms with Crippen LogP contribution in [0.4, 0.5) is 10.5 Å². The van der Waals surface area contributed by atoms with Gasteiger partial charge in [0.1, 0.15) is 0 Å². The molecule has 134 valence electrons. The summed E-state index contributed by atoms with van der Waals surface area (Å²) >= 11 is 0. The second kappa shape index (κ2) is 6.60. The summed E-state index contributed by atoms with van der Waals surface area (Å²) in [6, 6.07) is 12.0. The van der Waals surface area contributed by atoms with Gasteiger partial charge in [0.15, 0.2) is 5.78 Å². The lowest BCUT2D eigenvalue weighted by Gasteiger charge is -2.28. The second-order valence-electron chi connectivity index (χ2n) is 7.38. The lowest BCUT2D eigenvalue weighted by molar-refractivity contribution is 0.0994. The number of nitrogens with one attached hydrogen (secondary N) is 1. The number of carbonyl (C=O) groups is 2. The van der Waals surface area contributed by atoms with E-state index in [1.807, 2.05) is 23.1 Å². The Morgan fingerprint density at radius 3 is 2.65 bits per heavy atom. The SMILES string of the molecule is Cc1cccc(C)c1C1CCCN1C(=O)Nc1ccc2c(c1)CCC2=O. The third-order valence-corrected chi connectivity index (χ3v) is 5.67. The van der Waals surface area contributed by atoms with Crippen LogP contribution in [0.15, 0.2) is 36.4 Å². The number of amides is 2. The van der Waals surface area contributed by atoms with Crippen LogP contribution >= 0.6 is 0 Å². The molecule has 0 bridgehead atoms. The fourth-order valence-electron chi connectivity index (χ4n) is 4.39. The first-order chi connectivity index (χ1) is 12.5. The molecule has 0 spiro atoms. The number of ketones is 1. The molecule has 0 aromatic heterocycles. The first-order valence-electron chi connectivity index (χ1n) is 9.34. The summed E-state index contributed by atoms with van der Waals surface area (Å²) in [7, 11) is 0. The van der Waals surface area contributed by atoms with Crippen molar-refractivity contribution in [2.45, 2.75) is 45.6 Å². The first kappa shape index (κ1) is 16.8. The van der Waals surface area contributed by atoms with Crippen LogP contribution in [0, 0.1) is 13.8 Å². The molecule has 4 nitrogen and oxygen atoms in total. The normalized spacial score (nSPS) is 18.9. The summed E-state index contributed by atoms with van der Waals surface area (Å²) in [5.74, 6) is 0.201. The highest BCUT2D eigenvalue weighted by atomic mass is 16.2. The molecule has 0 saturated carbocycles. The van der Waals surface area contributed by atoms with Crippen LogP contribution in [-0.2, 0) is 6.42 Å². The highest BCUT2D eigenvalue weighted by Gasteiger charge is 2.32. The maximum Gasteiger partial charge on any atom is 0.322 e. The Morgan fingerprint density at radius 1 is 1.12 bits per heavy atom. The number of anilines is 1. The lowest BCUT2D eigenvalue weighted by Crippen LogP contribution is -2.35. The number of hydrogen-bond acceptors (Lipinski definition) is 2. The van der Waals surface area contributed by atoms with Crippen LogP contribution in [0.1, 0.15) is 57.9 Å². The number of fused-ring (bicyclic) bond motifs is 1. The highest BCUT2D eigenvalue weighted by molar-refractivity contribution is 6.01. The minimum absolute atomic E-state index is 0.0561. The Labute approximate surface area is 154 Å². The molecule has 4 heteroatoms. The molecule has 1 N–H and O–H groups in total. The van der Waals surface area contributed by atoms with Gasteiger partial charge in [0.05, 0.1) is 6.04 Å². The number of urea groups is 1. The number of likely N-dealkylation sites (tertiary alicyclic amines) is 1. The van der Waals surface area contributed by atoms with E-state index >= 15 is 0 Å². The fourth-order valence-corrected chi connectivity index (χ4v) is 4.39. The lowest BCUT2D eigenvalue weighted by atomic mass is 9.94. The molecule has 1 aliphatic heterocycles. The molecule has 1 fully saturated rings. The summed E-state index contributed by atoms with van der Waals surface area (Å²) in [6.07, 6.45) is 3.36. The van der Waals surface area contributed by atoms with Crippen LogP contribution in [0.25, 0.3) is 0 Å². The standard InChI is InChI=1S/C22H24N2O2/c1-14-5-3-6-15(2)21(14)19-7-4-12-24(19)22(26)23-17-9-10-18-16(13-17)8-11-20(18)25/h3,5-6,9-10,13,19H,4,7-8,11-12H2,1-2H3,(H,23,26). The fraction of sp³-hybridized carbons (Fsp3) is 0.364. The average molecular weight is 348 g/mol. The Morgan fingerprint density at radius 2 is 1.88 bits per heavy atom. The zero-order chi connectivity index (χ0) is 18.3. The van der Waals surface area contributed by atoms with Crippen molar-refractivity contribution in [1.29, 1.82) is 0 Å². The van der Waals surface area contributed by atoms with E-state index in [1.54, 1.807) is 0 Å².